The second-order valence-electron chi connectivity index (χ2n) is 9.42. The van der Waals surface area contributed by atoms with E-state index in [9.17, 15) is 9.59 Å². The Morgan fingerprint density at radius 3 is 2.37 bits per heavy atom. The van der Waals surface area contributed by atoms with Crippen molar-refractivity contribution in [2.24, 2.45) is 0 Å². The van der Waals surface area contributed by atoms with E-state index in [0.29, 0.717) is 29.0 Å². The lowest BCUT2D eigenvalue weighted by atomic mass is 9.98. The summed E-state index contributed by atoms with van der Waals surface area (Å²) in [5, 5.41) is 4.91. The van der Waals surface area contributed by atoms with Crippen molar-refractivity contribution in [2.75, 3.05) is 12.4 Å². The third kappa shape index (κ3) is 6.29. The van der Waals surface area contributed by atoms with Gasteiger partial charge in [-0.25, -0.2) is 9.78 Å². The summed E-state index contributed by atoms with van der Waals surface area (Å²) in [4.78, 5) is 28.8. The van der Waals surface area contributed by atoms with Gasteiger partial charge in [0.1, 0.15) is 11.5 Å². The molecule has 7 heteroatoms. The lowest BCUT2D eigenvalue weighted by Gasteiger charge is -2.23. The molecule has 1 N–H and O–H groups in total. The van der Waals surface area contributed by atoms with Gasteiger partial charge in [-0.1, -0.05) is 36.8 Å². The molecule has 0 atom stereocenters. The van der Waals surface area contributed by atoms with Crippen LogP contribution in [0.1, 0.15) is 48.0 Å². The molecule has 0 bridgehead atoms. The molecular weight excluding hydrogens is 480 g/mol. The molecule has 1 saturated carbocycles. The van der Waals surface area contributed by atoms with Crippen LogP contribution in [0.2, 0.25) is 0 Å². The van der Waals surface area contributed by atoms with Crippen LogP contribution in [0.3, 0.4) is 0 Å². The third-order valence-electron chi connectivity index (χ3n) is 6.63. The van der Waals surface area contributed by atoms with Crippen LogP contribution in [0.5, 0.6) is 17.4 Å². The standard InChI is InChI=1S/C31H30N2O5/c1-36-31(35)27-9-5-6-10-28(27)33-29(34)17-21-11-16-30(32-20-21)38-26-15-13-22-18-25(14-12-23(22)19-26)37-24-7-3-2-4-8-24/h5-6,9-16,18-20,24H,2-4,7-8,17H2,1H3,(H,33,34). The molecule has 1 aromatic heterocycles. The maximum absolute atomic E-state index is 12.5. The number of amides is 1. The van der Waals surface area contributed by atoms with Gasteiger partial charge in [0.05, 0.1) is 30.9 Å². The molecule has 1 heterocycles. The Hall–Kier alpha value is -4.39. The molecule has 0 unspecified atom stereocenters. The maximum atomic E-state index is 12.5. The molecular formula is C31H30N2O5. The van der Waals surface area contributed by atoms with Crippen molar-refractivity contribution in [3.05, 3.63) is 90.1 Å². The van der Waals surface area contributed by atoms with Gasteiger partial charge >= 0.3 is 5.97 Å². The van der Waals surface area contributed by atoms with Crippen molar-refractivity contribution >= 4 is 28.3 Å². The monoisotopic (exact) mass is 510 g/mol. The van der Waals surface area contributed by atoms with Crippen molar-refractivity contribution in [3.8, 4) is 17.4 Å². The molecule has 5 rings (SSSR count). The van der Waals surface area contributed by atoms with E-state index < -0.39 is 5.97 Å². The van der Waals surface area contributed by atoms with E-state index in [1.807, 2.05) is 30.3 Å². The van der Waals surface area contributed by atoms with Crippen LogP contribution in [-0.4, -0.2) is 30.1 Å². The van der Waals surface area contributed by atoms with E-state index in [4.69, 9.17) is 14.2 Å². The quantitative estimate of drug-likeness (QED) is 0.265. The van der Waals surface area contributed by atoms with Crippen molar-refractivity contribution in [1.29, 1.82) is 0 Å². The molecule has 7 nitrogen and oxygen atoms in total. The lowest BCUT2D eigenvalue weighted by Crippen LogP contribution is -2.19. The number of esters is 1. The number of aromatic nitrogens is 1. The second-order valence-corrected chi connectivity index (χ2v) is 9.42. The molecule has 0 spiro atoms. The fourth-order valence-corrected chi connectivity index (χ4v) is 4.67. The maximum Gasteiger partial charge on any atom is 0.339 e. The number of fused-ring (bicyclic) bond motifs is 1. The minimum atomic E-state index is -0.508. The Bertz CT molecular complexity index is 1430. The first-order valence-electron chi connectivity index (χ1n) is 12.9. The number of carbonyl (C=O) groups is 2. The summed E-state index contributed by atoms with van der Waals surface area (Å²) >= 11 is 0. The third-order valence-corrected chi connectivity index (χ3v) is 6.63. The van der Waals surface area contributed by atoms with Gasteiger partial charge in [-0.3, -0.25) is 4.79 Å². The molecule has 0 saturated heterocycles. The first-order valence-corrected chi connectivity index (χ1v) is 12.9. The van der Waals surface area contributed by atoms with E-state index in [1.165, 1.54) is 26.4 Å². The SMILES string of the molecule is COC(=O)c1ccccc1NC(=O)Cc1ccc(Oc2ccc3cc(OC4CCCCC4)ccc3c2)nc1. The molecule has 0 radical (unpaired) electrons. The highest BCUT2D eigenvalue weighted by molar-refractivity contribution is 6.01. The van der Waals surface area contributed by atoms with Gasteiger partial charge in [0.25, 0.3) is 0 Å². The van der Waals surface area contributed by atoms with E-state index in [-0.39, 0.29) is 12.3 Å². The van der Waals surface area contributed by atoms with Crippen LogP contribution < -0.4 is 14.8 Å². The van der Waals surface area contributed by atoms with Gasteiger partial charge in [-0.2, -0.15) is 0 Å². The average molecular weight is 511 g/mol. The zero-order valence-electron chi connectivity index (χ0n) is 21.3. The molecule has 4 aromatic rings. The fourth-order valence-electron chi connectivity index (χ4n) is 4.67. The number of para-hydroxylation sites is 1. The summed E-state index contributed by atoms with van der Waals surface area (Å²) < 4.78 is 16.9. The number of carbonyl (C=O) groups excluding carboxylic acids is 2. The highest BCUT2D eigenvalue weighted by Gasteiger charge is 2.16. The van der Waals surface area contributed by atoms with Gasteiger partial charge in [0.2, 0.25) is 11.8 Å². The zero-order valence-corrected chi connectivity index (χ0v) is 21.3. The number of anilines is 1. The van der Waals surface area contributed by atoms with Crippen molar-refractivity contribution in [1.82, 2.24) is 4.98 Å². The fraction of sp³-hybridized carbons (Fsp3) is 0.258. The number of methoxy groups -OCH3 is 1. The zero-order chi connectivity index (χ0) is 26.3. The van der Waals surface area contributed by atoms with E-state index in [2.05, 4.69) is 16.4 Å². The Morgan fingerprint density at radius 1 is 0.895 bits per heavy atom. The van der Waals surface area contributed by atoms with Crippen LogP contribution in [-0.2, 0) is 16.0 Å². The van der Waals surface area contributed by atoms with Crippen LogP contribution in [0.25, 0.3) is 10.8 Å². The first-order chi connectivity index (χ1) is 18.6. The van der Waals surface area contributed by atoms with E-state index >= 15 is 0 Å². The summed E-state index contributed by atoms with van der Waals surface area (Å²) in [6.45, 7) is 0. The number of nitrogens with zero attached hydrogens (tertiary/aromatic N) is 1. The average Bonchev–Trinajstić information content (AvgIpc) is 2.94. The molecule has 1 fully saturated rings. The number of ether oxygens (including phenoxy) is 3. The normalized spacial score (nSPS) is 13.6. The Labute approximate surface area is 221 Å². The van der Waals surface area contributed by atoms with Gasteiger partial charge in [0, 0.05) is 12.3 Å². The summed E-state index contributed by atoms with van der Waals surface area (Å²) in [5.74, 6) is 1.25. The number of nitrogens with one attached hydrogen (secondary N) is 1. The molecule has 0 aliphatic heterocycles. The Morgan fingerprint density at radius 2 is 1.63 bits per heavy atom. The first kappa shape index (κ1) is 25.3. The largest absolute Gasteiger partial charge is 0.490 e. The van der Waals surface area contributed by atoms with E-state index in [1.54, 1.807) is 42.6 Å². The smallest absolute Gasteiger partial charge is 0.339 e. The summed E-state index contributed by atoms with van der Waals surface area (Å²) in [6, 6.07) is 22.3. The highest BCUT2D eigenvalue weighted by Crippen LogP contribution is 2.29. The highest BCUT2D eigenvalue weighted by atomic mass is 16.5. The summed E-state index contributed by atoms with van der Waals surface area (Å²) in [6.07, 6.45) is 8.08. The van der Waals surface area contributed by atoms with Gasteiger partial charge in [-0.15, -0.1) is 0 Å². The number of hydrogen-bond acceptors (Lipinski definition) is 6. The second kappa shape index (κ2) is 11.8. The van der Waals surface area contributed by atoms with Crippen LogP contribution >= 0.6 is 0 Å². The Balaban J connectivity index is 1.19. The molecule has 1 amide bonds. The van der Waals surface area contributed by atoms with Crippen LogP contribution in [0, 0.1) is 0 Å². The van der Waals surface area contributed by atoms with Crippen molar-refractivity contribution < 1.29 is 23.8 Å². The number of pyridine rings is 1. The van der Waals surface area contributed by atoms with Crippen molar-refractivity contribution in [2.45, 2.75) is 44.6 Å². The molecule has 38 heavy (non-hydrogen) atoms. The molecule has 1 aliphatic carbocycles. The van der Waals surface area contributed by atoms with Crippen LogP contribution in [0.4, 0.5) is 5.69 Å². The van der Waals surface area contributed by atoms with Crippen LogP contribution in [0.15, 0.2) is 79.0 Å². The minimum Gasteiger partial charge on any atom is -0.490 e. The lowest BCUT2D eigenvalue weighted by molar-refractivity contribution is -0.115. The topological polar surface area (TPSA) is 86.8 Å². The minimum absolute atomic E-state index is 0.101. The molecule has 1 aliphatic rings. The molecule has 194 valence electrons. The van der Waals surface area contributed by atoms with Gasteiger partial charge in [0.15, 0.2) is 0 Å². The number of benzene rings is 3. The molecule has 3 aromatic carbocycles. The van der Waals surface area contributed by atoms with E-state index in [0.717, 1.165) is 34.9 Å². The van der Waals surface area contributed by atoms with Gasteiger partial charge in [-0.05, 0) is 78.4 Å². The van der Waals surface area contributed by atoms with Crippen molar-refractivity contribution in [3.63, 3.8) is 0 Å². The predicted molar refractivity (Wildman–Crippen MR) is 146 cm³/mol. The predicted octanol–water partition coefficient (Wildman–Crippen LogP) is 6.71. The summed E-state index contributed by atoms with van der Waals surface area (Å²) in [5.41, 5.74) is 1.42. The summed E-state index contributed by atoms with van der Waals surface area (Å²) in [7, 11) is 1.30. The number of rotatable bonds is 8. The number of hydrogen-bond donors (Lipinski definition) is 1. The Kier molecular flexibility index (Phi) is 7.83. The van der Waals surface area contributed by atoms with Gasteiger partial charge < -0.3 is 19.5 Å².